The number of halogens is 1. The van der Waals surface area contributed by atoms with Crippen molar-refractivity contribution >= 4 is 16.9 Å². The highest BCUT2D eigenvalue weighted by Gasteiger charge is 2.26. The van der Waals surface area contributed by atoms with E-state index < -0.39 is 0 Å². The van der Waals surface area contributed by atoms with E-state index in [9.17, 15) is 9.18 Å². The Hall–Kier alpha value is -2.73. The van der Waals surface area contributed by atoms with Crippen molar-refractivity contribution in [2.45, 2.75) is 25.4 Å². The van der Waals surface area contributed by atoms with Crippen LogP contribution in [0.3, 0.4) is 0 Å². The minimum atomic E-state index is -0.262. The fraction of sp³-hybridized carbons (Fsp3) is 0.333. The number of aromatic nitrogens is 2. The van der Waals surface area contributed by atoms with Gasteiger partial charge in [0.1, 0.15) is 11.6 Å². The van der Waals surface area contributed by atoms with Gasteiger partial charge in [0.05, 0.1) is 17.6 Å². The molecule has 1 aromatic heterocycles. The van der Waals surface area contributed by atoms with E-state index in [0.29, 0.717) is 12.6 Å². The van der Waals surface area contributed by atoms with Gasteiger partial charge in [-0.2, -0.15) is 0 Å². The van der Waals surface area contributed by atoms with Gasteiger partial charge in [-0.1, -0.05) is 18.2 Å². The number of likely N-dealkylation sites (tertiary alicyclic amines) is 1. The molecule has 0 spiro atoms. The third-order valence-corrected chi connectivity index (χ3v) is 5.29. The predicted molar refractivity (Wildman–Crippen MR) is 103 cm³/mol. The number of aromatic amines is 1. The lowest BCUT2D eigenvalue weighted by atomic mass is 10.0. The van der Waals surface area contributed by atoms with E-state index in [1.807, 2.05) is 35.2 Å². The summed E-state index contributed by atoms with van der Waals surface area (Å²) in [6.07, 6.45) is 1.87. The second-order valence-corrected chi connectivity index (χ2v) is 7.15. The molecule has 5 nitrogen and oxygen atoms in total. The third-order valence-electron chi connectivity index (χ3n) is 5.29. The molecule has 3 aromatic rings. The van der Waals surface area contributed by atoms with E-state index in [1.54, 1.807) is 6.07 Å². The largest absolute Gasteiger partial charge is 0.341 e. The molecule has 1 amide bonds. The molecule has 1 saturated heterocycles. The number of rotatable bonds is 4. The molecule has 2 heterocycles. The molecule has 1 aliphatic heterocycles. The average molecular weight is 366 g/mol. The molecule has 1 N–H and O–H groups in total. The topological polar surface area (TPSA) is 52.2 Å². The van der Waals surface area contributed by atoms with E-state index in [-0.39, 0.29) is 11.7 Å². The molecule has 0 unspecified atom stereocenters. The van der Waals surface area contributed by atoms with Crippen LogP contribution in [0.4, 0.5) is 4.39 Å². The molecule has 1 fully saturated rings. The molecule has 0 saturated carbocycles. The molecule has 6 heteroatoms. The highest BCUT2D eigenvalue weighted by molar-refractivity contribution is 5.94. The third kappa shape index (κ3) is 3.85. The maximum Gasteiger partial charge on any atom is 0.253 e. The molecular formula is C21H23FN4O. The fourth-order valence-electron chi connectivity index (χ4n) is 3.75. The number of benzene rings is 2. The second-order valence-electron chi connectivity index (χ2n) is 7.15. The van der Waals surface area contributed by atoms with Gasteiger partial charge in [-0.05, 0) is 50.2 Å². The van der Waals surface area contributed by atoms with E-state index in [4.69, 9.17) is 0 Å². The lowest BCUT2D eigenvalue weighted by Gasteiger charge is -2.36. The van der Waals surface area contributed by atoms with Gasteiger partial charge in [0.2, 0.25) is 0 Å². The summed E-state index contributed by atoms with van der Waals surface area (Å²) in [5.41, 5.74) is 2.25. The first kappa shape index (κ1) is 17.7. The number of amides is 1. The minimum absolute atomic E-state index is 0.107. The van der Waals surface area contributed by atoms with Crippen LogP contribution in [0.5, 0.6) is 0 Å². The van der Waals surface area contributed by atoms with Crippen LogP contribution in [0.25, 0.3) is 11.0 Å². The van der Waals surface area contributed by atoms with Crippen molar-refractivity contribution in [3.8, 4) is 0 Å². The highest BCUT2D eigenvalue weighted by Crippen LogP contribution is 2.20. The van der Waals surface area contributed by atoms with E-state index >= 15 is 0 Å². The Bertz CT molecular complexity index is 932. The van der Waals surface area contributed by atoms with Crippen molar-refractivity contribution in [1.29, 1.82) is 0 Å². The van der Waals surface area contributed by atoms with Crippen molar-refractivity contribution in [3.05, 3.63) is 65.7 Å². The summed E-state index contributed by atoms with van der Waals surface area (Å²) in [7, 11) is 2.08. The number of nitrogens with one attached hydrogen (secondary N) is 1. The van der Waals surface area contributed by atoms with Gasteiger partial charge >= 0.3 is 0 Å². The standard InChI is InChI=1S/C21H23FN4O/c1-25(14-20-23-18-8-7-16(22)13-19(18)24-20)17-9-11-26(12-10-17)21(27)15-5-3-2-4-6-15/h2-8,13,17H,9-12,14H2,1H3,(H,23,24). The summed E-state index contributed by atoms with van der Waals surface area (Å²) in [6, 6.07) is 14.4. The fourth-order valence-corrected chi connectivity index (χ4v) is 3.75. The Morgan fingerprint density at radius 1 is 1.22 bits per heavy atom. The quantitative estimate of drug-likeness (QED) is 0.770. The molecule has 140 valence electrons. The van der Waals surface area contributed by atoms with Crippen LogP contribution in [-0.4, -0.2) is 51.9 Å². The zero-order chi connectivity index (χ0) is 18.8. The van der Waals surface area contributed by atoms with Gasteiger partial charge in [-0.15, -0.1) is 0 Å². The molecule has 4 rings (SSSR count). The molecular weight excluding hydrogens is 343 g/mol. The first-order chi connectivity index (χ1) is 13.1. The summed E-state index contributed by atoms with van der Waals surface area (Å²) in [4.78, 5) is 24.5. The van der Waals surface area contributed by atoms with Crippen molar-refractivity contribution in [2.24, 2.45) is 0 Å². The lowest BCUT2D eigenvalue weighted by molar-refractivity contribution is 0.0637. The normalized spacial score (nSPS) is 15.6. The summed E-state index contributed by atoms with van der Waals surface area (Å²) in [5.74, 6) is 0.679. The maximum absolute atomic E-state index is 13.3. The van der Waals surface area contributed by atoms with Gasteiger partial charge in [0, 0.05) is 24.7 Å². The van der Waals surface area contributed by atoms with Crippen LogP contribution in [0.2, 0.25) is 0 Å². The van der Waals surface area contributed by atoms with Crippen LogP contribution in [-0.2, 0) is 6.54 Å². The molecule has 0 bridgehead atoms. The summed E-state index contributed by atoms with van der Waals surface area (Å²) < 4.78 is 13.3. The first-order valence-electron chi connectivity index (χ1n) is 9.29. The number of nitrogens with zero attached hydrogens (tertiary/aromatic N) is 3. The molecule has 0 aliphatic carbocycles. The van der Waals surface area contributed by atoms with Crippen molar-refractivity contribution in [2.75, 3.05) is 20.1 Å². The maximum atomic E-state index is 13.3. The van der Waals surface area contributed by atoms with Crippen LogP contribution < -0.4 is 0 Å². The number of fused-ring (bicyclic) bond motifs is 1. The Labute approximate surface area is 157 Å². The van der Waals surface area contributed by atoms with Crippen molar-refractivity contribution in [1.82, 2.24) is 19.8 Å². The Morgan fingerprint density at radius 3 is 2.70 bits per heavy atom. The smallest absolute Gasteiger partial charge is 0.253 e. The number of carbonyl (C=O) groups excluding carboxylic acids is 1. The first-order valence-corrected chi connectivity index (χ1v) is 9.29. The average Bonchev–Trinajstić information content (AvgIpc) is 3.09. The summed E-state index contributed by atoms with van der Waals surface area (Å²) in [6.45, 7) is 2.19. The second kappa shape index (κ2) is 7.48. The number of hydrogen-bond acceptors (Lipinski definition) is 3. The number of piperidine rings is 1. The van der Waals surface area contributed by atoms with E-state index in [0.717, 1.165) is 48.4 Å². The van der Waals surface area contributed by atoms with Crippen LogP contribution in [0.1, 0.15) is 29.0 Å². The monoisotopic (exact) mass is 366 g/mol. The van der Waals surface area contributed by atoms with Crippen LogP contribution >= 0.6 is 0 Å². The number of hydrogen-bond donors (Lipinski definition) is 1. The van der Waals surface area contributed by atoms with Crippen molar-refractivity contribution in [3.63, 3.8) is 0 Å². The molecule has 0 radical (unpaired) electrons. The van der Waals surface area contributed by atoms with Gasteiger partial charge in [-0.25, -0.2) is 9.37 Å². The van der Waals surface area contributed by atoms with Crippen molar-refractivity contribution < 1.29 is 9.18 Å². The Morgan fingerprint density at radius 2 is 1.96 bits per heavy atom. The zero-order valence-electron chi connectivity index (χ0n) is 15.4. The van der Waals surface area contributed by atoms with E-state index in [1.165, 1.54) is 12.1 Å². The van der Waals surface area contributed by atoms with Gasteiger partial charge in [0.15, 0.2) is 0 Å². The van der Waals surface area contributed by atoms with Gasteiger partial charge < -0.3 is 9.88 Å². The Kier molecular flexibility index (Phi) is 4.90. The molecule has 2 aromatic carbocycles. The number of H-pyrrole nitrogens is 1. The molecule has 1 aliphatic rings. The molecule has 27 heavy (non-hydrogen) atoms. The zero-order valence-corrected chi connectivity index (χ0v) is 15.4. The van der Waals surface area contributed by atoms with Crippen LogP contribution in [0.15, 0.2) is 48.5 Å². The molecule has 0 atom stereocenters. The number of carbonyl (C=O) groups is 1. The SMILES string of the molecule is CN(Cc1nc2ccc(F)cc2[nH]1)C1CCN(C(=O)c2ccccc2)CC1. The van der Waals surface area contributed by atoms with Crippen LogP contribution in [0, 0.1) is 5.82 Å². The lowest BCUT2D eigenvalue weighted by Crippen LogP contribution is -2.45. The van der Waals surface area contributed by atoms with Gasteiger partial charge in [0.25, 0.3) is 5.91 Å². The summed E-state index contributed by atoms with van der Waals surface area (Å²) in [5, 5.41) is 0. The summed E-state index contributed by atoms with van der Waals surface area (Å²) >= 11 is 0. The highest BCUT2D eigenvalue weighted by atomic mass is 19.1. The number of imidazole rings is 1. The predicted octanol–water partition coefficient (Wildman–Crippen LogP) is 3.44. The Balaban J connectivity index is 1.35. The van der Waals surface area contributed by atoms with E-state index in [2.05, 4.69) is 21.9 Å². The van der Waals surface area contributed by atoms with Gasteiger partial charge in [-0.3, -0.25) is 9.69 Å². The minimum Gasteiger partial charge on any atom is -0.341 e.